The summed E-state index contributed by atoms with van der Waals surface area (Å²) in [6, 6.07) is 14.7. The van der Waals surface area contributed by atoms with Crippen LogP contribution in [-0.4, -0.2) is 53.7 Å². The number of halogens is 2. The standard InChI is InChI=1S/C27H32Cl2N2O4/c1-3-22(23-16-30-11-12-35-23)31-25(17-7-9-19(28)10-8-17)21(18-5-4-6-20(29)13-18)14-27(2,26(31)34)15-24(32)33/h4-10,13,21-23,25,30H,3,11-12,14-16H2,1-2H3,(H,32,33)/t21-,22-,23+,25-,27-/m1/s1. The summed E-state index contributed by atoms with van der Waals surface area (Å²) >= 11 is 12.6. The average molecular weight is 519 g/mol. The molecular weight excluding hydrogens is 487 g/mol. The molecule has 2 aliphatic heterocycles. The fraction of sp³-hybridized carbons (Fsp3) is 0.481. The molecule has 0 saturated carbocycles. The fourth-order valence-corrected chi connectivity index (χ4v) is 6.04. The Morgan fingerprint density at radius 1 is 1.20 bits per heavy atom. The summed E-state index contributed by atoms with van der Waals surface area (Å²) in [6.45, 7) is 5.79. The third kappa shape index (κ3) is 5.51. The molecule has 6 nitrogen and oxygen atoms in total. The largest absolute Gasteiger partial charge is 0.481 e. The molecule has 0 bridgehead atoms. The van der Waals surface area contributed by atoms with Crippen molar-refractivity contribution in [1.82, 2.24) is 10.2 Å². The van der Waals surface area contributed by atoms with Crippen LogP contribution in [0.5, 0.6) is 0 Å². The lowest BCUT2D eigenvalue weighted by Crippen LogP contribution is -2.61. The number of hydrogen-bond acceptors (Lipinski definition) is 4. The number of rotatable bonds is 7. The van der Waals surface area contributed by atoms with Gasteiger partial charge in [-0.15, -0.1) is 0 Å². The van der Waals surface area contributed by atoms with E-state index in [0.717, 1.165) is 17.7 Å². The first-order chi connectivity index (χ1) is 16.7. The van der Waals surface area contributed by atoms with Crippen molar-refractivity contribution in [1.29, 1.82) is 0 Å². The van der Waals surface area contributed by atoms with E-state index in [2.05, 4.69) is 5.32 Å². The lowest BCUT2D eigenvalue weighted by molar-refractivity contribution is -0.165. The molecule has 8 heteroatoms. The van der Waals surface area contributed by atoms with Gasteiger partial charge in [0, 0.05) is 29.1 Å². The van der Waals surface area contributed by atoms with Crippen molar-refractivity contribution in [2.75, 3.05) is 19.7 Å². The molecule has 0 radical (unpaired) electrons. The first kappa shape index (κ1) is 26.0. The van der Waals surface area contributed by atoms with Gasteiger partial charge in [0.25, 0.3) is 0 Å². The van der Waals surface area contributed by atoms with E-state index in [4.69, 9.17) is 27.9 Å². The van der Waals surface area contributed by atoms with E-state index < -0.39 is 11.4 Å². The molecule has 0 aliphatic carbocycles. The molecule has 35 heavy (non-hydrogen) atoms. The Bertz CT molecular complexity index is 1060. The van der Waals surface area contributed by atoms with E-state index in [0.29, 0.717) is 36.0 Å². The van der Waals surface area contributed by atoms with Crippen LogP contribution >= 0.6 is 23.2 Å². The molecule has 188 valence electrons. The highest BCUT2D eigenvalue weighted by Crippen LogP contribution is 2.52. The predicted molar refractivity (Wildman–Crippen MR) is 137 cm³/mol. The van der Waals surface area contributed by atoms with Crippen LogP contribution in [0.25, 0.3) is 0 Å². The molecule has 5 atom stereocenters. The molecule has 0 spiro atoms. The van der Waals surface area contributed by atoms with Crippen LogP contribution in [0.1, 0.15) is 56.2 Å². The Labute approximate surface area is 216 Å². The van der Waals surface area contributed by atoms with Crippen LogP contribution in [0, 0.1) is 5.41 Å². The number of morpholine rings is 1. The normalized spacial score (nSPS) is 28.1. The molecule has 1 amide bonds. The van der Waals surface area contributed by atoms with E-state index >= 15 is 0 Å². The minimum atomic E-state index is -1.07. The maximum absolute atomic E-state index is 14.3. The summed E-state index contributed by atoms with van der Waals surface area (Å²) < 4.78 is 6.13. The van der Waals surface area contributed by atoms with Crippen LogP contribution in [0.15, 0.2) is 48.5 Å². The minimum Gasteiger partial charge on any atom is -0.481 e. The first-order valence-electron chi connectivity index (χ1n) is 12.1. The van der Waals surface area contributed by atoms with Gasteiger partial charge in [0.15, 0.2) is 0 Å². The quantitative estimate of drug-likeness (QED) is 0.519. The van der Waals surface area contributed by atoms with Gasteiger partial charge in [-0.2, -0.15) is 0 Å². The van der Waals surface area contributed by atoms with Crippen molar-refractivity contribution in [2.45, 2.75) is 57.2 Å². The first-order valence-corrected chi connectivity index (χ1v) is 12.9. The van der Waals surface area contributed by atoms with Gasteiger partial charge in [-0.25, -0.2) is 0 Å². The number of benzene rings is 2. The molecule has 2 N–H and O–H groups in total. The Kier molecular flexibility index (Phi) is 8.06. The molecule has 2 fully saturated rings. The number of likely N-dealkylation sites (tertiary alicyclic amines) is 1. The van der Waals surface area contributed by atoms with Gasteiger partial charge in [-0.05, 0) is 48.2 Å². The smallest absolute Gasteiger partial charge is 0.304 e. The molecule has 2 aliphatic rings. The number of carbonyl (C=O) groups excluding carboxylic acids is 1. The van der Waals surface area contributed by atoms with E-state index in [1.807, 2.05) is 60.4 Å². The third-order valence-corrected chi connectivity index (χ3v) is 7.78. The van der Waals surface area contributed by atoms with Gasteiger partial charge < -0.3 is 20.1 Å². The van der Waals surface area contributed by atoms with Crippen LogP contribution in [-0.2, 0) is 14.3 Å². The zero-order chi connectivity index (χ0) is 25.2. The van der Waals surface area contributed by atoms with Gasteiger partial charge in [-0.3, -0.25) is 9.59 Å². The fourth-order valence-electron chi connectivity index (χ4n) is 5.72. The second-order valence-electron chi connectivity index (χ2n) is 9.79. The predicted octanol–water partition coefficient (Wildman–Crippen LogP) is 5.30. The molecule has 2 aromatic rings. The number of hydrogen-bond donors (Lipinski definition) is 2. The Hall–Kier alpha value is -2.12. The average Bonchev–Trinajstić information content (AvgIpc) is 2.83. The van der Waals surface area contributed by atoms with Gasteiger partial charge in [0.2, 0.25) is 5.91 Å². The van der Waals surface area contributed by atoms with E-state index in [-0.39, 0.29) is 36.4 Å². The maximum atomic E-state index is 14.3. The van der Waals surface area contributed by atoms with Crippen LogP contribution in [0.3, 0.4) is 0 Å². The second kappa shape index (κ2) is 10.9. The molecule has 0 aromatic heterocycles. The SMILES string of the molecule is CC[C@H]([C@@H]1CNCCO1)N1C(=O)[C@@](C)(CC(=O)O)C[C@H](c2cccc(Cl)c2)[C@H]1c1ccc(Cl)cc1. The number of carbonyl (C=O) groups is 2. The minimum absolute atomic E-state index is 0.154. The zero-order valence-electron chi connectivity index (χ0n) is 20.0. The topological polar surface area (TPSA) is 78.9 Å². The van der Waals surface area contributed by atoms with Crippen molar-refractivity contribution in [3.8, 4) is 0 Å². The number of carboxylic acids is 1. The Morgan fingerprint density at radius 2 is 1.94 bits per heavy atom. The van der Waals surface area contributed by atoms with Crippen LogP contribution in [0.2, 0.25) is 10.0 Å². The van der Waals surface area contributed by atoms with Crippen LogP contribution in [0.4, 0.5) is 0 Å². The third-order valence-electron chi connectivity index (χ3n) is 7.29. The number of nitrogens with one attached hydrogen (secondary N) is 1. The molecular formula is C27H32Cl2N2O4. The monoisotopic (exact) mass is 518 g/mol. The molecule has 2 saturated heterocycles. The van der Waals surface area contributed by atoms with E-state index in [1.165, 1.54) is 0 Å². The summed E-state index contributed by atoms with van der Waals surface area (Å²) in [5, 5.41) is 14.3. The summed E-state index contributed by atoms with van der Waals surface area (Å²) in [7, 11) is 0. The summed E-state index contributed by atoms with van der Waals surface area (Å²) in [4.78, 5) is 28.1. The summed E-state index contributed by atoms with van der Waals surface area (Å²) in [5.74, 6) is -1.30. The summed E-state index contributed by atoms with van der Waals surface area (Å²) in [5.41, 5.74) is 0.855. The highest BCUT2D eigenvalue weighted by molar-refractivity contribution is 6.30. The molecule has 2 aromatic carbocycles. The highest BCUT2D eigenvalue weighted by Gasteiger charge is 2.53. The molecule has 0 unspecified atom stereocenters. The van der Waals surface area contributed by atoms with Crippen molar-refractivity contribution in [3.63, 3.8) is 0 Å². The lowest BCUT2D eigenvalue weighted by atomic mass is 9.66. The number of carboxylic acid groups (broad SMARTS) is 1. The molecule has 2 heterocycles. The maximum Gasteiger partial charge on any atom is 0.304 e. The molecule has 4 rings (SSSR count). The van der Waals surface area contributed by atoms with E-state index in [9.17, 15) is 14.7 Å². The number of aliphatic carboxylic acids is 1. The van der Waals surface area contributed by atoms with Crippen LogP contribution < -0.4 is 5.32 Å². The Balaban J connectivity index is 1.89. The summed E-state index contributed by atoms with van der Waals surface area (Å²) in [6.07, 6.45) is 0.628. The van der Waals surface area contributed by atoms with Crippen molar-refractivity contribution < 1.29 is 19.4 Å². The highest BCUT2D eigenvalue weighted by atomic mass is 35.5. The van der Waals surface area contributed by atoms with Crippen molar-refractivity contribution >= 4 is 35.1 Å². The van der Waals surface area contributed by atoms with Gasteiger partial charge >= 0.3 is 5.97 Å². The zero-order valence-corrected chi connectivity index (χ0v) is 21.6. The number of ether oxygens (including phenoxy) is 1. The van der Waals surface area contributed by atoms with E-state index in [1.54, 1.807) is 6.92 Å². The Morgan fingerprint density at radius 3 is 2.54 bits per heavy atom. The lowest BCUT2D eigenvalue weighted by Gasteiger charge is -2.53. The van der Waals surface area contributed by atoms with Crippen molar-refractivity contribution in [3.05, 3.63) is 69.7 Å². The van der Waals surface area contributed by atoms with Crippen molar-refractivity contribution in [2.24, 2.45) is 5.41 Å². The number of piperidine rings is 1. The second-order valence-corrected chi connectivity index (χ2v) is 10.7. The number of nitrogens with zero attached hydrogens (tertiary/aromatic N) is 1. The number of amides is 1. The van der Waals surface area contributed by atoms with Gasteiger partial charge in [-0.1, -0.05) is 61.3 Å². The van der Waals surface area contributed by atoms with Gasteiger partial charge in [0.05, 0.1) is 36.6 Å². The van der Waals surface area contributed by atoms with Gasteiger partial charge in [0.1, 0.15) is 0 Å².